The van der Waals surface area contributed by atoms with Gasteiger partial charge in [-0.25, -0.2) is 13.5 Å². The summed E-state index contributed by atoms with van der Waals surface area (Å²) >= 11 is 6.04. The maximum Gasteiger partial charge on any atom is 0.267 e. The smallest absolute Gasteiger partial charge is 0.267 e. The number of fused-ring (bicyclic) bond motifs is 1. The Hall–Kier alpha value is -2.84. The van der Waals surface area contributed by atoms with Crippen molar-refractivity contribution < 1.29 is 13.2 Å². The third kappa shape index (κ3) is 4.18. The van der Waals surface area contributed by atoms with E-state index in [0.717, 1.165) is 30.4 Å². The largest absolute Gasteiger partial charge is 0.495 e. The van der Waals surface area contributed by atoms with Gasteiger partial charge in [-0.3, -0.25) is 9.52 Å². The summed E-state index contributed by atoms with van der Waals surface area (Å²) in [7, 11) is -2.49. The van der Waals surface area contributed by atoms with Gasteiger partial charge in [-0.2, -0.15) is 5.10 Å². The van der Waals surface area contributed by atoms with Crippen LogP contribution in [0.3, 0.4) is 0 Å². The number of nitrogens with zero attached hydrogens (tertiary/aromatic N) is 1. The summed E-state index contributed by atoms with van der Waals surface area (Å²) in [5.74, 6) is 0.359. The molecular weight excluding hydrogens is 438 g/mol. The van der Waals surface area contributed by atoms with Crippen molar-refractivity contribution in [2.24, 2.45) is 0 Å². The van der Waals surface area contributed by atoms with Crippen LogP contribution < -0.4 is 15.0 Å². The molecule has 3 aromatic rings. The summed E-state index contributed by atoms with van der Waals surface area (Å²) in [6.07, 6.45) is 3.37. The van der Waals surface area contributed by atoms with Crippen molar-refractivity contribution in [3.8, 4) is 17.0 Å². The molecule has 162 valence electrons. The monoisotopic (exact) mass is 459 g/mol. The van der Waals surface area contributed by atoms with Crippen molar-refractivity contribution in [2.45, 2.75) is 37.5 Å². The van der Waals surface area contributed by atoms with Crippen LogP contribution in [0.4, 0.5) is 5.69 Å². The third-order valence-corrected chi connectivity index (χ3v) is 7.20. The van der Waals surface area contributed by atoms with Crippen molar-refractivity contribution in [1.82, 2.24) is 10.2 Å². The minimum Gasteiger partial charge on any atom is -0.495 e. The van der Waals surface area contributed by atoms with E-state index in [4.69, 9.17) is 16.3 Å². The zero-order valence-electron chi connectivity index (χ0n) is 17.2. The fraction of sp³-hybridized carbons (Fsp3) is 0.273. The number of anilines is 1. The fourth-order valence-corrected chi connectivity index (χ4v) is 5.40. The molecule has 7 nitrogen and oxygen atoms in total. The molecule has 0 unspecified atom stereocenters. The second-order valence-electron chi connectivity index (χ2n) is 7.50. The average Bonchev–Trinajstić information content (AvgIpc) is 2.74. The van der Waals surface area contributed by atoms with Gasteiger partial charge in [0.05, 0.1) is 23.4 Å². The molecule has 2 N–H and O–H groups in total. The SMILES string of the molecule is COc1ccc(Cl)cc1NS(=O)(=O)c1cc(-c2n[nH]c(=O)c3c2CCCC3)ccc1C. The zero-order chi connectivity index (χ0) is 22.2. The lowest BCUT2D eigenvalue weighted by Crippen LogP contribution is -2.21. The van der Waals surface area contributed by atoms with Gasteiger partial charge >= 0.3 is 0 Å². The number of ether oxygens (including phenoxy) is 1. The molecule has 1 aromatic heterocycles. The molecule has 0 saturated heterocycles. The maximum absolute atomic E-state index is 13.2. The average molecular weight is 460 g/mol. The van der Waals surface area contributed by atoms with E-state index in [1.54, 1.807) is 31.2 Å². The van der Waals surface area contributed by atoms with E-state index < -0.39 is 10.0 Å². The number of aromatic amines is 1. The number of H-pyrrole nitrogens is 1. The molecular formula is C22H22ClN3O4S. The summed E-state index contributed by atoms with van der Waals surface area (Å²) in [5, 5.41) is 7.19. The van der Waals surface area contributed by atoms with E-state index in [0.29, 0.717) is 34.0 Å². The van der Waals surface area contributed by atoms with E-state index >= 15 is 0 Å². The van der Waals surface area contributed by atoms with Crippen molar-refractivity contribution in [1.29, 1.82) is 0 Å². The first-order valence-corrected chi connectivity index (χ1v) is 11.7. The van der Waals surface area contributed by atoms with Crippen molar-refractivity contribution in [3.63, 3.8) is 0 Å². The van der Waals surface area contributed by atoms with Crippen LogP contribution in [0.15, 0.2) is 46.1 Å². The Balaban J connectivity index is 1.79. The quantitative estimate of drug-likeness (QED) is 0.598. The van der Waals surface area contributed by atoms with Crippen LogP contribution in [-0.4, -0.2) is 25.7 Å². The van der Waals surface area contributed by atoms with Gasteiger partial charge in [-0.1, -0.05) is 23.7 Å². The van der Waals surface area contributed by atoms with E-state index in [1.165, 1.54) is 13.2 Å². The van der Waals surface area contributed by atoms with Crippen LogP contribution in [0.2, 0.25) is 5.02 Å². The van der Waals surface area contributed by atoms with Crippen LogP contribution in [0.1, 0.15) is 29.5 Å². The number of methoxy groups -OCH3 is 1. The Morgan fingerprint density at radius 1 is 1.10 bits per heavy atom. The standard InChI is InChI=1S/C22H22ClN3O4S/c1-13-7-8-14(21-16-5-3-4-6-17(16)22(27)25-24-21)11-20(13)31(28,29)26-18-12-15(23)9-10-19(18)30-2/h7-12,26H,3-6H2,1-2H3,(H,25,27). The number of hydrogen-bond donors (Lipinski definition) is 2. The molecule has 0 atom stereocenters. The first kappa shape index (κ1) is 21.4. The van der Waals surface area contributed by atoms with E-state index in [-0.39, 0.29) is 16.1 Å². The zero-order valence-corrected chi connectivity index (χ0v) is 18.7. The van der Waals surface area contributed by atoms with Crippen LogP contribution in [0.5, 0.6) is 5.75 Å². The molecule has 1 aliphatic rings. The summed E-state index contributed by atoms with van der Waals surface area (Å²) in [5.41, 5.74) is 3.54. The van der Waals surface area contributed by atoms with Gasteiger partial charge in [0.25, 0.3) is 15.6 Å². The second-order valence-corrected chi connectivity index (χ2v) is 9.58. The lowest BCUT2D eigenvalue weighted by Gasteiger charge is -2.18. The lowest BCUT2D eigenvalue weighted by molar-refractivity contribution is 0.417. The van der Waals surface area contributed by atoms with E-state index in [2.05, 4.69) is 14.9 Å². The van der Waals surface area contributed by atoms with Gasteiger partial charge in [0, 0.05) is 16.1 Å². The normalized spacial score (nSPS) is 13.5. The number of aryl methyl sites for hydroxylation is 1. The maximum atomic E-state index is 13.2. The Bertz CT molecular complexity index is 1320. The molecule has 31 heavy (non-hydrogen) atoms. The summed E-state index contributed by atoms with van der Waals surface area (Å²) in [6.45, 7) is 1.73. The molecule has 0 aliphatic heterocycles. The highest BCUT2D eigenvalue weighted by Gasteiger charge is 2.23. The number of rotatable bonds is 5. The topological polar surface area (TPSA) is 101 Å². The minimum absolute atomic E-state index is 0.115. The van der Waals surface area contributed by atoms with Gasteiger partial charge in [0.1, 0.15) is 5.75 Å². The molecule has 2 aromatic carbocycles. The van der Waals surface area contributed by atoms with Gasteiger partial charge < -0.3 is 4.74 Å². The lowest BCUT2D eigenvalue weighted by atomic mass is 9.90. The number of sulfonamides is 1. The van der Waals surface area contributed by atoms with Crippen molar-refractivity contribution in [2.75, 3.05) is 11.8 Å². The molecule has 0 fully saturated rings. The van der Waals surface area contributed by atoms with Crippen LogP contribution in [0, 0.1) is 6.92 Å². The number of nitrogens with one attached hydrogen (secondary N) is 2. The van der Waals surface area contributed by atoms with Gasteiger partial charge in [0.15, 0.2) is 0 Å². The second kappa shape index (κ2) is 8.36. The predicted molar refractivity (Wildman–Crippen MR) is 120 cm³/mol. The Labute approximate surface area is 185 Å². The molecule has 1 aliphatic carbocycles. The molecule has 0 amide bonds. The number of halogens is 1. The molecule has 0 spiro atoms. The van der Waals surface area contributed by atoms with Gasteiger partial charge in [0.2, 0.25) is 0 Å². The highest BCUT2D eigenvalue weighted by molar-refractivity contribution is 7.92. The predicted octanol–water partition coefficient (Wildman–Crippen LogP) is 4.09. The van der Waals surface area contributed by atoms with Crippen molar-refractivity contribution in [3.05, 3.63) is 68.5 Å². The minimum atomic E-state index is -3.94. The molecule has 0 bridgehead atoms. The Morgan fingerprint density at radius 3 is 2.58 bits per heavy atom. The van der Waals surface area contributed by atoms with E-state index in [1.807, 2.05) is 6.07 Å². The highest BCUT2D eigenvalue weighted by atomic mass is 35.5. The van der Waals surface area contributed by atoms with Gasteiger partial charge in [-0.05, 0) is 68.0 Å². The highest BCUT2D eigenvalue weighted by Crippen LogP contribution is 2.33. The molecule has 9 heteroatoms. The van der Waals surface area contributed by atoms with Crippen LogP contribution in [-0.2, 0) is 22.9 Å². The first-order valence-electron chi connectivity index (χ1n) is 9.88. The Kier molecular flexibility index (Phi) is 5.77. The number of benzene rings is 2. The Morgan fingerprint density at radius 2 is 1.84 bits per heavy atom. The number of aromatic nitrogens is 2. The van der Waals surface area contributed by atoms with Crippen molar-refractivity contribution >= 4 is 27.3 Å². The summed E-state index contributed by atoms with van der Waals surface area (Å²) in [4.78, 5) is 12.3. The molecule has 0 saturated carbocycles. The third-order valence-electron chi connectivity index (χ3n) is 5.45. The van der Waals surface area contributed by atoms with Crippen LogP contribution in [0.25, 0.3) is 11.3 Å². The molecule has 0 radical (unpaired) electrons. The summed E-state index contributed by atoms with van der Waals surface area (Å²) in [6, 6.07) is 9.86. The van der Waals surface area contributed by atoms with Gasteiger partial charge in [-0.15, -0.1) is 0 Å². The molecule has 4 rings (SSSR count). The molecule has 1 heterocycles. The fourth-order valence-electron chi connectivity index (χ4n) is 3.89. The number of hydrogen-bond acceptors (Lipinski definition) is 5. The van der Waals surface area contributed by atoms with E-state index in [9.17, 15) is 13.2 Å². The first-order chi connectivity index (χ1) is 14.8. The summed E-state index contributed by atoms with van der Waals surface area (Å²) < 4.78 is 34.3. The van der Waals surface area contributed by atoms with Crippen LogP contribution >= 0.6 is 11.6 Å².